The van der Waals surface area contributed by atoms with E-state index in [1.54, 1.807) is 18.0 Å². The first-order valence-corrected chi connectivity index (χ1v) is 7.01. The van der Waals surface area contributed by atoms with Gasteiger partial charge in [-0.05, 0) is 23.8 Å². The smallest absolute Gasteiger partial charge is 0.141 e. The standard InChI is InChI=1S/C13H13ClFN3S/c14-11-3-1-2-4-13(11)19-8-12(18-16)9-5-10(15)7-17-6-9/h1-7,12,18H,8,16H2. The van der Waals surface area contributed by atoms with Gasteiger partial charge in [0, 0.05) is 16.8 Å². The summed E-state index contributed by atoms with van der Waals surface area (Å²) >= 11 is 7.63. The molecule has 1 aromatic heterocycles. The third kappa shape index (κ3) is 3.91. The highest BCUT2D eigenvalue weighted by Crippen LogP contribution is 2.29. The SMILES string of the molecule is NNC(CSc1ccccc1Cl)c1cncc(F)c1. The highest BCUT2D eigenvalue weighted by molar-refractivity contribution is 7.99. The number of hydrogen-bond acceptors (Lipinski definition) is 4. The zero-order chi connectivity index (χ0) is 13.7. The highest BCUT2D eigenvalue weighted by Gasteiger charge is 2.12. The molecule has 0 fully saturated rings. The van der Waals surface area contributed by atoms with E-state index in [9.17, 15) is 4.39 Å². The third-order valence-corrected chi connectivity index (χ3v) is 4.18. The van der Waals surface area contributed by atoms with Crippen LogP contribution in [0.1, 0.15) is 11.6 Å². The fourth-order valence-corrected chi connectivity index (χ4v) is 2.91. The van der Waals surface area contributed by atoms with Gasteiger partial charge in [0.05, 0.1) is 17.3 Å². The van der Waals surface area contributed by atoms with Gasteiger partial charge in [-0.3, -0.25) is 16.3 Å². The fourth-order valence-electron chi connectivity index (χ4n) is 1.59. The fraction of sp³-hybridized carbons (Fsp3) is 0.154. The highest BCUT2D eigenvalue weighted by atomic mass is 35.5. The lowest BCUT2D eigenvalue weighted by Gasteiger charge is -2.15. The Balaban J connectivity index is 2.06. The van der Waals surface area contributed by atoms with Crippen molar-refractivity contribution >= 4 is 23.4 Å². The van der Waals surface area contributed by atoms with Crippen molar-refractivity contribution in [1.82, 2.24) is 10.4 Å². The quantitative estimate of drug-likeness (QED) is 0.506. The molecule has 0 bridgehead atoms. The summed E-state index contributed by atoms with van der Waals surface area (Å²) in [5.74, 6) is 5.77. The molecule has 1 unspecified atom stereocenters. The van der Waals surface area contributed by atoms with E-state index in [-0.39, 0.29) is 11.9 Å². The molecular formula is C13H13ClFN3S. The zero-order valence-corrected chi connectivity index (χ0v) is 11.6. The molecule has 1 heterocycles. The molecule has 0 aliphatic heterocycles. The lowest BCUT2D eigenvalue weighted by Crippen LogP contribution is -2.29. The number of nitrogens with zero attached hydrogens (tertiary/aromatic N) is 1. The van der Waals surface area contributed by atoms with Crippen LogP contribution in [0.5, 0.6) is 0 Å². The minimum Gasteiger partial charge on any atom is -0.271 e. The largest absolute Gasteiger partial charge is 0.271 e. The van der Waals surface area contributed by atoms with E-state index in [1.807, 2.05) is 24.3 Å². The minimum absolute atomic E-state index is 0.190. The van der Waals surface area contributed by atoms with Crippen molar-refractivity contribution in [2.24, 2.45) is 5.84 Å². The van der Waals surface area contributed by atoms with Gasteiger partial charge in [-0.2, -0.15) is 0 Å². The van der Waals surface area contributed by atoms with E-state index < -0.39 is 0 Å². The molecule has 0 radical (unpaired) electrons. The van der Waals surface area contributed by atoms with Gasteiger partial charge in [0.15, 0.2) is 0 Å². The lowest BCUT2D eigenvalue weighted by atomic mass is 10.1. The van der Waals surface area contributed by atoms with Crippen LogP contribution in [0.2, 0.25) is 5.02 Å². The minimum atomic E-state index is -0.375. The van der Waals surface area contributed by atoms with Gasteiger partial charge in [-0.1, -0.05) is 23.7 Å². The van der Waals surface area contributed by atoms with Gasteiger partial charge in [-0.15, -0.1) is 11.8 Å². The number of pyridine rings is 1. The Labute approximate surface area is 120 Å². The molecule has 0 amide bonds. The van der Waals surface area contributed by atoms with E-state index >= 15 is 0 Å². The van der Waals surface area contributed by atoms with Crippen molar-refractivity contribution < 1.29 is 4.39 Å². The van der Waals surface area contributed by atoms with E-state index in [2.05, 4.69) is 10.4 Å². The number of hydrazine groups is 1. The van der Waals surface area contributed by atoms with E-state index in [0.717, 1.165) is 11.1 Å². The van der Waals surface area contributed by atoms with Crippen LogP contribution >= 0.6 is 23.4 Å². The average Bonchev–Trinajstić information content (AvgIpc) is 2.41. The van der Waals surface area contributed by atoms with Gasteiger partial charge in [0.25, 0.3) is 0 Å². The Hall–Kier alpha value is -1.14. The second-order valence-electron chi connectivity index (χ2n) is 3.90. The second-order valence-corrected chi connectivity index (χ2v) is 5.37. The van der Waals surface area contributed by atoms with Crippen molar-refractivity contribution in [2.45, 2.75) is 10.9 Å². The van der Waals surface area contributed by atoms with E-state index in [1.165, 1.54) is 6.07 Å². The molecule has 1 aromatic carbocycles. The first-order valence-electron chi connectivity index (χ1n) is 5.64. The van der Waals surface area contributed by atoms with Crippen LogP contribution in [0.3, 0.4) is 0 Å². The summed E-state index contributed by atoms with van der Waals surface area (Å²) in [6.07, 6.45) is 2.76. The zero-order valence-electron chi connectivity index (χ0n) is 10.0. The molecule has 0 saturated carbocycles. The topological polar surface area (TPSA) is 50.9 Å². The molecule has 0 aliphatic rings. The molecule has 19 heavy (non-hydrogen) atoms. The molecule has 0 aliphatic carbocycles. The summed E-state index contributed by atoms with van der Waals surface area (Å²) in [7, 11) is 0. The van der Waals surface area contributed by atoms with Crippen LogP contribution in [0.4, 0.5) is 4.39 Å². The number of nitrogens with two attached hydrogens (primary N) is 1. The summed E-state index contributed by atoms with van der Waals surface area (Å²) in [5, 5.41) is 0.695. The molecule has 6 heteroatoms. The van der Waals surface area contributed by atoms with Gasteiger partial charge in [-0.25, -0.2) is 4.39 Å². The van der Waals surface area contributed by atoms with Crippen molar-refractivity contribution in [2.75, 3.05) is 5.75 Å². The summed E-state index contributed by atoms with van der Waals surface area (Å²) in [6, 6.07) is 8.79. The molecule has 2 rings (SSSR count). The Morgan fingerprint density at radius 2 is 2.16 bits per heavy atom. The second kappa shape index (κ2) is 6.86. The van der Waals surface area contributed by atoms with Crippen LogP contribution in [0, 0.1) is 5.82 Å². The first kappa shape index (κ1) is 14.3. The number of benzene rings is 1. The third-order valence-electron chi connectivity index (χ3n) is 2.57. The van der Waals surface area contributed by atoms with Crippen LogP contribution in [0.15, 0.2) is 47.6 Å². The number of nitrogens with one attached hydrogen (secondary N) is 1. The van der Waals surface area contributed by atoms with Crippen molar-refractivity contribution in [3.8, 4) is 0 Å². The first-order chi connectivity index (χ1) is 9.20. The number of aromatic nitrogens is 1. The Bertz CT molecular complexity index is 553. The molecule has 3 nitrogen and oxygen atoms in total. The van der Waals surface area contributed by atoms with Gasteiger partial charge >= 0.3 is 0 Å². The van der Waals surface area contributed by atoms with Crippen LogP contribution in [0.25, 0.3) is 0 Å². The maximum atomic E-state index is 13.1. The molecule has 0 spiro atoms. The normalized spacial score (nSPS) is 12.4. The summed E-state index contributed by atoms with van der Waals surface area (Å²) in [4.78, 5) is 4.79. The number of rotatable bonds is 5. The van der Waals surface area contributed by atoms with E-state index in [0.29, 0.717) is 16.3 Å². The Morgan fingerprint density at radius 1 is 1.37 bits per heavy atom. The molecule has 100 valence electrons. The molecule has 3 N–H and O–H groups in total. The van der Waals surface area contributed by atoms with Crippen LogP contribution < -0.4 is 11.3 Å². The number of halogens is 2. The summed E-state index contributed by atoms with van der Waals surface area (Å²) in [5.41, 5.74) is 3.37. The molecule has 2 aromatic rings. The predicted octanol–water partition coefficient (Wildman–Crippen LogP) is 3.17. The Morgan fingerprint density at radius 3 is 2.84 bits per heavy atom. The molecular weight excluding hydrogens is 285 g/mol. The maximum Gasteiger partial charge on any atom is 0.141 e. The van der Waals surface area contributed by atoms with Gasteiger partial charge < -0.3 is 0 Å². The maximum absolute atomic E-state index is 13.1. The predicted molar refractivity (Wildman–Crippen MR) is 76.4 cm³/mol. The van der Waals surface area contributed by atoms with Gasteiger partial charge in [0.2, 0.25) is 0 Å². The van der Waals surface area contributed by atoms with Gasteiger partial charge in [0.1, 0.15) is 5.82 Å². The number of hydrogen-bond donors (Lipinski definition) is 2. The van der Waals surface area contributed by atoms with Crippen LogP contribution in [-0.2, 0) is 0 Å². The summed E-state index contributed by atoms with van der Waals surface area (Å²) < 4.78 is 13.1. The lowest BCUT2D eigenvalue weighted by molar-refractivity contribution is 0.585. The van der Waals surface area contributed by atoms with Crippen LogP contribution in [-0.4, -0.2) is 10.7 Å². The van der Waals surface area contributed by atoms with Crippen molar-refractivity contribution in [1.29, 1.82) is 0 Å². The molecule has 1 atom stereocenters. The Kier molecular flexibility index (Phi) is 5.15. The van der Waals surface area contributed by atoms with E-state index in [4.69, 9.17) is 17.4 Å². The van der Waals surface area contributed by atoms with Crippen molar-refractivity contribution in [3.05, 3.63) is 59.1 Å². The summed E-state index contributed by atoms with van der Waals surface area (Å²) in [6.45, 7) is 0. The van der Waals surface area contributed by atoms with Crippen molar-refractivity contribution in [3.63, 3.8) is 0 Å². The molecule has 0 saturated heterocycles. The number of thioether (sulfide) groups is 1. The monoisotopic (exact) mass is 297 g/mol. The average molecular weight is 298 g/mol.